The smallest absolute Gasteiger partial charge is 0.264 e. The molecule has 2 amide bonds. The molecule has 0 bridgehead atoms. The van der Waals surface area contributed by atoms with Crippen LogP contribution >= 0.6 is 39.1 Å². The van der Waals surface area contributed by atoms with Gasteiger partial charge < -0.3 is 10.2 Å². The van der Waals surface area contributed by atoms with Gasteiger partial charge in [0.25, 0.3) is 10.0 Å². The van der Waals surface area contributed by atoms with Crippen molar-refractivity contribution in [3.05, 3.63) is 92.4 Å². The normalized spacial score (nSPS) is 12.1. The van der Waals surface area contributed by atoms with Crippen molar-refractivity contribution >= 4 is 66.7 Å². The molecule has 11 heteroatoms. The van der Waals surface area contributed by atoms with E-state index in [0.29, 0.717) is 27.7 Å². The molecule has 7 nitrogen and oxygen atoms in total. The van der Waals surface area contributed by atoms with Crippen molar-refractivity contribution in [2.45, 2.75) is 37.8 Å². The summed E-state index contributed by atoms with van der Waals surface area (Å²) in [5.74, 6) is -0.937. The third-order valence-corrected chi connectivity index (χ3v) is 8.89. The monoisotopic (exact) mass is 639 g/mol. The lowest BCUT2D eigenvalue weighted by Gasteiger charge is -2.33. The molecule has 0 heterocycles. The summed E-state index contributed by atoms with van der Waals surface area (Å²) in [7, 11) is -2.65. The first-order chi connectivity index (χ1) is 18.0. The molecule has 0 spiro atoms. The molecule has 3 aromatic carbocycles. The maximum atomic E-state index is 13.9. The van der Waals surface area contributed by atoms with Crippen LogP contribution in [0.25, 0.3) is 0 Å². The molecule has 3 aromatic rings. The van der Waals surface area contributed by atoms with Crippen LogP contribution in [0.2, 0.25) is 10.0 Å². The highest BCUT2D eigenvalue weighted by atomic mass is 79.9. The number of hydrogen-bond donors (Lipinski definition) is 1. The zero-order valence-corrected chi connectivity index (χ0v) is 25.0. The van der Waals surface area contributed by atoms with E-state index in [0.717, 1.165) is 14.3 Å². The number of aryl methyl sites for hydroxylation is 1. The minimum atomic E-state index is -4.13. The highest BCUT2D eigenvalue weighted by molar-refractivity contribution is 9.10. The third-order valence-electron chi connectivity index (χ3n) is 5.99. The Morgan fingerprint density at radius 1 is 1.00 bits per heavy atom. The summed E-state index contributed by atoms with van der Waals surface area (Å²) in [6, 6.07) is 17.0. The first-order valence-electron chi connectivity index (χ1n) is 11.8. The van der Waals surface area contributed by atoms with Gasteiger partial charge in [0.2, 0.25) is 11.8 Å². The number of rotatable bonds is 10. The highest BCUT2D eigenvalue weighted by Crippen LogP contribution is 2.28. The van der Waals surface area contributed by atoms with Crippen LogP contribution < -0.4 is 9.62 Å². The minimum absolute atomic E-state index is 0.0144. The highest BCUT2D eigenvalue weighted by Gasteiger charge is 2.33. The van der Waals surface area contributed by atoms with Gasteiger partial charge in [-0.3, -0.25) is 13.9 Å². The SMILES string of the molecule is CCC(C(=O)NC)N(Cc1ccc(Cl)cc1Cl)C(=O)CN(c1ccc(Br)cc1)S(=O)(=O)c1ccc(C)cc1. The topological polar surface area (TPSA) is 86.8 Å². The van der Waals surface area contributed by atoms with Gasteiger partial charge in [0, 0.05) is 28.1 Å². The second kappa shape index (κ2) is 13.0. The van der Waals surface area contributed by atoms with Gasteiger partial charge in [-0.05, 0) is 67.4 Å². The molecular weight excluding hydrogens is 613 g/mol. The lowest BCUT2D eigenvalue weighted by molar-refractivity contribution is -0.140. The van der Waals surface area contributed by atoms with Crippen LogP contribution in [0.3, 0.4) is 0 Å². The van der Waals surface area contributed by atoms with Crippen molar-refractivity contribution in [2.75, 3.05) is 17.9 Å². The molecule has 0 saturated carbocycles. The van der Waals surface area contributed by atoms with Crippen LogP contribution in [0, 0.1) is 6.92 Å². The fourth-order valence-electron chi connectivity index (χ4n) is 3.89. The molecule has 1 N–H and O–H groups in total. The number of carbonyl (C=O) groups is 2. The summed E-state index contributed by atoms with van der Waals surface area (Å²) in [6.07, 6.45) is 0.305. The number of sulfonamides is 1. The Kier molecular flexibility index (Phi) is 10.2. The largest absolute Gasteiger partial charge is 0.357 e. The van der Waals surface area contributed by atoms with E-state index in [1.807, 2.05) is 6.92 Å². The van der Waals surface area contributed by atoms with Crippen LogP contribution in [0.15, 0.2) is 76.1 Å². The lowest BCUT2D eigenvalue weighted by atomic mass is 10.1. The Morgan fingerprint density at radius 2 is 1.63 bits per heavy atom. The molecule has 0 aliphatic rings. The van der Waals surface area contributed by atoms with E-state index in [9.17, 15) is 18.0 Å². The molecule has 0 aliphatic carbocycles. The molecule has 0 aromatic heterocycles. The summed E-state index contributed by atoms with van der Waals surface area (Å²) in [5, 5.41) is 3.35. The van der Waals surface area contributed by atoms with E-state index in [1.165, 1.54) is 24.1 Å². The Bertz CT molecular complexity index is 1400. The summed E-state index contributed by atoms with van der Waals surface area (Å²) in [4.78, 5) is 28.1. The molecule has 1 unspecified atom stereocenters. The van der Waals surface area contributed by atoms with Crippen LogP contribution in [0.1, 0.15) is 24.5 Å². The molecule has 0 aliphatic heterocycles. The molecule has 1 atom stereocenters. The van der Waals surface area contributed by atoms with Gasteiger partial charge in [0.15, 0.2) is 0 Å². The number of anilines is 1. The fraction of sp³-hybridized carbons (Fsp3) is 0.259. The van der Waals surface area contributed by atoms with Crippen molar-refractivity contribution in [3.63, 3.8) is 0 Å². The Morgan fingerprint density at radius 3 is 2.18 bits per heavy atom. The number of likely N-dealkylation sites (N-methyl/N-ethyl adjacent to an activating group) is 1. The molecule has 0 fully saturated rings. The van der Waals surface area contributed by atoms with Crippen molar-refractivity contribution in [3.8, 4) is 0 Å². The van der Waals surface area contributed by atoms with E-state index in [-0.39, 0.29) is 17.3 Å². The standard InChI is InChI=1S/C27H28BrCl2N3O4S/c1-4-25(27(35)31-3)32(16-19-7-10-21(29)15-24(19)30)26(34)17-33(22-11-8-20(28)9-12-22)38(36,37)23-13-5-18(2)6-14-23/h5-15,25H,4,16-17H2,1-3H3,(H,31,35). The van der Waals surface area contributed by atoms with Crippen LogP contribution in [-0.2, 0) is 26.2 Å². The van der Waals surface area contributed by atoms with Crippen molar-refractivity contribution in [1.29, 1.82) is 0 Å². The molecular formula is C27H28BrCl2N3O4S. The second-order valence-corrected chi connectivity index (χ2v) is 12.2. The molecule has 38 heavy (non-hydrogen) atoms. The average Bonchev–Trinajstić information content (AvgIpc) is 2.88. The van der Waals surface area contributed by atoms with E-state index in [2.05, 4.69) is 21.2 Å². The van der Waals surface area contributed by atoms with Gasteiger partial charge in [-0.25, -0.2) is 8.42 Å². The van der Waals surface area contributed by atoms with E-state index >= 15 is 0 Å². The first-order valence-corrected chi connectivity index (χ1v) is 14.8. The van der Waals surface area contributed by atoms with Gasteiger partial charge in [-0.15, -0.1) is 0 Å². The maximum absolute atomic E-state index is 13.9. The van der Waals surface area contributed by atoms with Crippen LogP contribution in [0.5, 0.6) is 0 Å². The summed E-state index contributed by atoms with van der Waals surface area (Å²) < 4.78 is 29.4. The minimum Gasteiger partial charge on any atom is -0.357 e. The summed E-state index contributed by atoms with van der Waals surface area (Å²) >= 11 is 15.8. The molecule has 0 radical (unpaired) electrons. The average molecular weight is 641 g/mol. The summed E-state index contributed by atoms with van der Waals surface area (Å²) in [6.45, 7) is 3.09. The van der Waals surface area contributed by atoms with Gasteiger partial charge in [-0.1, -0.05) is 69.8 Å². The number of carbonyl (C=O) groups excluding carboxylic acids is 2. The Hall–Kier alpha value is -2.59. The van der Waals surface area contributed by atoms with Gasteiger partial charge in [-0.2, -0.15) is 0 Å². The van der Waals surface area contributed by atoms with Crippen LogP contribution in [0.4, 0.5) is 5.69 Å². The van der Waals surface area contributed by atoms with E-state index in [1.54, 1.807) is 61.5 Å². The van der Waals surface area contributed by atoms with E-state index < -0.39 is 28.5 Å². The van der Waals surface area contributed by atoms with Crippen molar-refractivity contribution in [1.82, 2.24) is 10.2 Å². The number of halogens is 3. The van der Waals surface area contributed by atoms with Gasteiger partial charge in [0.05, 0.1) is 10.6 Å². The van der Waals surface area contributed by atoms with E-state index in [4.69, 9.17) is 23.2 Å². The second-order valence-electron chi connectivity index (χ2n) is 8.60. The Labute approximate surface area is 241 Å². The number of benzene rings is 3. The lowest BCUT2D eigenvalue weighted by Crippen LogP contribution is -2.51. The quantitative estimate of drug-likeness (QED) is 0.303. The van der Waals surface area contributed by atoms with Gasteiger partial charge in [0.1, 0.15) is 12.6 Å². The summed E-state index contributed by atoms with van der Waals surface area (Å²) in [5.41, 5.74) is 1.78. The number of amides is 2. The molecule has 0 saturated heterocycles. The predicted octanol–water partition coefficient (Wildman–Crippen LogP) is 5.81. The fourth-order valence-corrected chi connectivity index (χ4v) is 6.04. The van der Waals surface area contributed by atoms with Gasteiger partial charge >= 0.3 is 0 Å². The first kappa shape index (κ1) is 30.0. The zero-order chi connectivity index (χ0) is 28.0. The predicted molar refractivity (Wildman–Crippen MR) is 155 cm³/mol. The van der Waals surface area contributed by atoms with Crippen molar-refractivity contribution in [2.24, 2.45) is 0 Å². The zero-order valence-electron chi connectivity index (χ0n) is 21.1. The molecule has 202 valence electrons. The Balaban J connectivity index is 2.07. The number of nitrogens with one attached hydrogen (secondary N) is 1. The maximum Gasteiger partial charge on any atom is 0.264 e. The third kappa shape index (κ3) is 7.08. The number of hydrogen-bond acceptors (Lipinski definition) is 4. The number of nitrogens with zero attached hydrogens (tertiary/aromatic N) is 2. The van der Waals surface area contributed by atoms with Crippen molar-refractivity contribution < 1.29 is 18.0 Å². The molecule has 3 rings (SSSR count). The van der Waals surface area contributed by atoms with Crippen LogP contribution in [-0.4, -0.2) is 44.8 Å².